The van der Waals surface area contributed by atoms with E-state index in [1.807, 2.05) is 13.0 Å². The lowest BCUT2D eigenvalue weighted by atomic mass is 10.2. The number of halogens is 1. The molecule has 19 heavy (non-hydrogen) atoms. The molecule has 2 N–H and O–H groups in total. The van der Waals surface area contributed by atoms with Crippen LogP contribution < -0.4 is 10.6 Å². The van der Waals surface area contributed by atoms with Crippen LogP contribution >= 0.6 is 11.6 Å². The van der Waals surface area contributed by atoms with Crippen molar-refractivity contribution >= 4 is 23.2 Å². The number of carbonyl (C=O) groups is 1. The normalized spacial score (nSPS) is 10.3. The fourth-order valence-electron chi connectivity index (χ4n) is 1.71. The highest BCUT2D eigenvalue weighted by Crippen LogP contribution is 2.24. The molecule has 1 heterocycles. The van der Waals surface area contributed by atoms with Crippen molar-refractivity contribution in [3.63, 3.8) is 0 Å². The first-order valence-corrected chi connectivity index (χ1v) is 6.28. The van der Waals surface area contributed by atoms with Crippen LogP contribution in [-0.2, 0) is 6.54 Å². The second-order valence-corrected chi connectivity index (χ2v) is 4.56. The van der Waals surface area contributed by atoms with Crippen molar-refractivity contribution in [2.45, 2.75) is 13.5 Å². The fraction of sp³-hybridized carbons (Fsp3) is 0.214. The van der Waals surface area contributed by atoms with Gasteiger partial charge in [-0.1, -0.05) is 11.6 Å². The predicted molar refractivity (Wildman–Crippen MR) is 75.6 cm³/mol. The van der Waals surface area contributed by atoms with Crippen molar-refractivity contribution in [1.29, 1.82) is 0 Å². The van der Waals surface area contributed by atoms with Crippen molar-refractivity contribution in [2.75, 3.05) is 12.4 Å². The Balaban J connectivity index is 2.15. The first kappa shape index (κ1) is 13.5. The van der Waals surface area contributed by atoms with Gasteiger partial charge in [-0.2, -0.15) is 0 Å². The number of benzene rings is 1. The molecule has 0 unspecified atom stereocenters. The van der Waals surface area contributed by atoms with Crippen LogP contribution in [0, 0.1) is 6.92 Å². The number of aryl methyl sites for hydroxylation is 1. The van der Waals surface area contributed by atoms with Gasteiger partial charge >= 0.3 is 0 Å². The summed E-state index contributed by atoms with van der Waals surface area (Å²) in [5.41, 5.74) is 2.34. The smallest absolute Gasteiger partial charge is 0.251 e. The fourth-order valence-corrected chi connectivity index (χ4v) is 1.89. The van der Waals surface area contributed by atoms with Gasteiger partial charge in [0, 0.05) is 12.6 Å². The maximum atomic E-state index is 11.6. The topological polar surface area (TPSA) is 54.3 Å². The summed E-state index contributed by atoms with van der Waals surface area (Å²) in [6, 6.07) is 7.01. The first-order chi connectivity index (χ1) is 9.11. The summed E-state index contributed by atoms with van der Waals surface area (Å²) in [6.45, 7) is 2.50. The van der Waals surface area contributed by atoms with Crippen LogP contribution in [0.1, 0.15) is 21.7 Å². The monoisotopic (exact) mass is 278 g/mol. The first-order valence-electron chi connectivity index (χ1n) is 5.90. The van der Waals surface area contributed by atoms with E-state index >= 15 is 0 Å². The van der Waals surface area contributed by atoms with Gasteiger partial charge < -0.3 is 15.1 Å². The van der Waals surface area contributed by atoms with Crippen molar-refractivity contribution in [2.24, 2.45) is 0 Å². The summed E-state index contributed by atoms with van der Waals surface area (Å²) in [5.74, 6) is 0.704. The summed E-state index contributed by atoms with van der Waals surface area (Å²) in [6.07, 6.45) is 1.65. The van der Waals surface area contributed by atoms with E-state index in [1.54, 1.807) is 31.5 Å². The van der Waals surface area contributed by atoms with Crippen molar-refractivity contribution in [3.8, 4) is 0 Å². The molecule has 0 fully saturated rings. The molecule has 100 valence electrons. The van der Waals surface area contributed by atoms with E-state index in [0.29, 0.717) is 22.8 Å². The molecule has 0 aliphatic heterocycles. The van der Waals surface area contributed by atoms with Gasteiger partial charge in [0.25, 0.3) is 5.91 Å². The molecule has 1 amide bonds. The van der Waals surface area contributed by atoms with Gasteiger partial charge in [-0.3, -0.25) is 4.79 Å². The minimum absolute atomic E-state index is 0.145. The Morgan fingerprint density at radius 3 is 2.79 bits per heavy atom. The predicted octanol–water partition coefficient (Wildman–Crippen LogP) is 3.21. The number of hydrogen-bond acceptors (Lipinski definition) is 3. The van der Waals surface area contributed by atoms with Crippen molar-refractivity contribution < 1.29 is 9.21 Å². The molecular formula is C14H15ClN2O2. The highest BCUT2D eigenvalue weighted by Gasteiger charge is 2.08. The molecule has 5 heteroatoms. The SMILES string of the molecule is CNC(=O)c1ccc(Cl)c(NCc2occc2C)c1. The number of hydrogen-bond donors (Lipinski definition) is 2. The van der Waals surface area contributed by atoms with Crippen LogP contribution in [0.5, 0.6) is 0 Å². The second kappa shape index (κ2) is 5.80. The van der Waals surface area contributed by atoms with Crippen LogP contribution in [0.3, 0.4) is 0 Å². The number of anilines is 1. The number of rotatable bonds is 4. The minimum Gasteiger partial charge on any atom is -0.467 e. The molecule has 2 rings (SSSR count). The van der Waals surface area contributed by atoms with Crippen molar-refractivity contribution in [3.05, 3.63) is 52.4 Å². The molecule has 0 aliphatic rings. The van der Waals surface area contributed by atoms with Gasteiger partial charge in [0.1, 0.15) is 5.76 Å². The molecule has 1 aromatic carbocycles. The number of furan rings is 1. The van der Waals surface area contributed by atoms with Crippen LogP contribution in [0.4, 0.5) is 5.69 Å². The molecule has 4 nitrogen and oxygen atoms in total. The zero-order valence-electron chi connectivity index (χ0n) is 10.8. The van der Waals surface area contributed by atoms with E-state index in [9.17, 15) is 4.79 Å². The van der Waals surface area contributed by atoms with E-state index < -0.39 is 0 Å². The molecule has 0 aliphatic carbocycles. The Morgan fingerprint density at radius 1 is 1.37 bits per heavy atom. The van der Waals surface area contributed by atoms with Crippen LogP contribution in [0.2, 0.25) is 5.02 Å². The molecule has 0 saturated heterocycles. The van der Waals surface area contributed by atoms with Gasteiger partial charge in [0.15, 0.2) is 0 Å². The third-order valence-electron chi connectivity index (χ3n) is 2.86. The molecule has 1 aromatic heterocycles. The molecule has 0 saturated carbocycles. The minimum atomic E-state index is -0.145. The van der Waals surface area contributed by atoms with Gasteiger partial charge in [0.05, 0.1) is 23.5 Å². The van der Waals surface area contributed by atoms with E-state index in [-0.39, 0.29) is 5.91 Å². The molecule has 0 bridgehead atoms. The third kappa shape index (κ3) is 3.09. The highest BCUT2D eigenvalue weighted by molar-refractivity contribution is 6.33. The van der Waals surface area contributed by atoms with E-state index in [2.05, 4.69) is 10.6 Å². The van der Waals surface area contributed by atoms with Gasteiger partial charge in [0.2, 0.25) is 0 Å². The van der Waals surface area contributed by atoms with Crippen molar-refractivity contribution in [1.82, 2.24) is 5.32 Å². The average molecular weight is 279 g/mol. The third-order valence-corrected chi connectivity index (χ3v) is 3.19. The quantitative estimate of drug-likeness (QED) is 0.903. The Morgan fingerprint density at radius 2 is 2.16 bits per heavy atom. The number of carbonyl (C=O) groups excluding carboxylic acids is 1. The Hall–Kier alpha value is -1.94. The second-order valence-electron chi connectivity index (χ2n) is 4.15. The summed E-state index contributed by atoms with van der Waals surface area (Å²) in [5, 5.41) is 6.31. The van der Waals surface area contributed by atoms with Gasteiger partial charge in [-0.05, 0) is 36.8 Å². The maximum Gasteiger partial charge on any atom is 0.251 e. The van der Waals surface area contributed by atoms with Crippen LogP contribution in [-0.4, -0.2) is 13.0 Å². The lowest BCUT2D eigenvalue weighted by Crippen LogP contribution is -2.17. The van der Waals surface area contributed by atoms with Crippen LogP contribution in [0.25, 0.3) is 0 Å². The Labute approximate surface area is 116 Å². The lowest BCUT2D eigenvalue weighted by molar-refractivity contribution is 0.0963. The molecular weight excluding hydrogens is 264 g/mol. The molecule has 0 radical (unpaired) electrons. The van der Waals surface area contributed by atoms with Crippen LogP contribution in [0.15, 0.2) is 34.9 Å². The maximum absolute atomic E-state index is 11.6. The van der Waals surface area contributed by atoms with E-state index in [4.69, 9.17) is 16.0 Å². The summed E-state index contributed by atoms with van der Waals surface area (Å²) >= 11 is 6.10. The van der Waals surface area contributed by atoms with Gasteiger partial charge in [-0.15, -0.1) is 0 Å². The Kier molecular flexibility index (Phi) is 4.12. The lowest BCUT2D eigenvalue weighted by Gasteiger charge is -2.09. The molecule has 0 spiro atoms. The highest BCUT2D eigenvalue weighted by atomic mass is 35.5. The summed E-state index contributed by atoms with van der Waals surface area (Å²) in [4.78, 5) is 11.6. The Bertz CT molecular complexity index is 593. The summed E-state index contributed by atoms with van der Waals surface area (Å²) < 4.78 is 5.34. The summed E-state index contributed by atoms with van der Waals surface area (Å²) in [7, 11) is 1.59. The zero-order chi connectivity index (χ0) is 13.8. The van der Waals surface area contributed by atoms with Gasteiger partial charge in [-0.25, -0.2) is 0 Å². The van der Waals surface area contributed by atoms with E-state index in [0.717, 1.165) is 11.3 Å². The number of nitrogens with one attached hydrogen (secondary N) is 2. The zero-order valence-corrected chi connectivity index (χ0v) is 11.5. The largest absolute Gasteiger partial charge is 0.467 e. The number of amides is 1. The standard InChI is InChI=1S/C14H15ClN2O2/c1-9-5-6-19-13(9)8-17-12-7-10(14(18)16-2)3-4-11(12)15/h3-7,17H,8H2,1-2H3,(H,16,18). The molecule has 0 atom stereocenters. The van der Waals surface area contributed by atoms with E-state index in [1.165, 1.54) is 0 Å². The molecule has 2 aromatic rings. The average Bonchev–Trinajstić information content (AvgIpc) is 2.82.